The van der Waals surface area contributed by atoms with Gasteiger partial charge in [0.15, 0.2) is 0 Å². The number of nitrogens with zero attached hydrogens (tertiary/aromatic N) is 2. The first-order valence-corrected chi connectivity index (χ1v) is 4.03. The van der Waals surface area contributed by atoms with Gasteiger partial charge >= 0.3 is 0 Å². The Morgan fingerprint density at radius 3 is 2.56 bits per heavy atom. The topological polar surface area (TPSA) is 17.3 Å². The van der Waals surface area contributed by atoms with E-state index >= 15 is 0 Å². The molecule has 0 N–H and O–H groups in total. The Hall–Kier alpha value is 0.270. The van der Waals surface area contributed by atoms with Crippen molar-refractivity contribution in [3.63, 3.8) is 0 Å². The zero-order chi connectivity index (χ0) is 6.53. The molecule has 0 spiro atoms. The van der Waals surface area contributed by atoms with Gasteiger partial charge in [-0.25, -0.2) is 5.32 Å². The van der Waals surface area contributed by atoms with Crippen LogP contribution in [0.15, 0.2) is 0 Å². The Kier molecular flexibility index (Phi) is 3.40. The Labute approximate surface area is 62.0 Å². The summed E-state index contributed by atoms with van der Waals surface area (Å²) in [5.41, 5.74) is 0. The molecule has 0 saturated carbocycles. The molecule has 0 atom stereocenters. The van der Waals surface area contributed by atoms with Crippen LogP contribution in [0.2, 0.25) is 0 Å². The molecule has 1 radical (unpaired) electrons. The van der Waals surface area contributed by atoms with Crippen LogP contribution < -0.4 is 5.32 Å². The highest BCUT2D eigenvalue weighted by molar-refractivity contribution is 7.80. The van der Waals surface area contributed by atoms with Crippen LogP contribution in [0.1, 0.15) is 0 Å². The number of hydrogen-bond acceptors (Lipinski definition) is 2. The quantitative estimate of drug-likeness (QED) is 0.534. The molecule has 1 aliphatic rings. The summed E-state index contributed by atoms with van der Waals surface area (Å²) >= 11 is 4.16. The molecule has 0 bridgehead atoms. The van der Waals surface area contributed by atoms with Gasteiger partial charge in [0.2, 0.25) is 0 Å². The normalized spacial score (nSPS) is 22.3. The fraction of sp³-hybridized carbons (Fsp3) is 1.00. The van der Waals surface area contributed by atoms with Crippen molar-refractivity contribution in [3.8, 4) is 0 Å². The maximum absolute atomic E-state index is 4.24. The summed E-state index contributed by atoms with van der Waals surface area (Å²) in [5, 5.41) is 4.24. The second-order valence-electron chi connectivity index (χ2n) is 2.24. The number of hydrogen-bond donors (Lipinski definition) is 1. The lowest BCUT2D eigenvalue weighted by atomic mass is 10.4. The van der Waals surface area contributed by atoms with Crippen molar-refractivity contribution < 1.29 is 0 Å². The summed E-state index contributed by atoms with van der Waals surface area (Å²) in [5.74, 6) is 0.972. The first-order chi connectivity index (χ1) is 4.43. The van der Waals surface area contributed by atoms with Crippen LogP contribution in [-0.2, 0) is 0 Å². The van der Waals surface area contributed by atoms with Crippen molar-refractivity contribution in [2.45, 2.75) is 0 Å². The maximum atomic E-state index is 4.24. The minimum atomic E-state index is 0.972. The predicted molar refractivity (Wildman–Crippen MR) is 42.2 cm³/mol. The Morgan fingerprint density at radius 1 is 1.33 bits per heavy atom. The second-order valence-corrected chi connectivity index (χ2v) is 2.68. The maximum Gasteiger partial charge on any atom is 0.0261 e. The van der Waals surface area contributed by atoms with Gasteiger partial charge in [0, 0.05) is 38.5 Å². The van der Waals surface area contributed by atoms with E-state index in [9.17, 15) is 0 Å². The molecule has 2 nitrogen and oxygen atoms in total. The zero-order valence-electron chi connectivity index (χ0n) is 5.58. The van der Waals surface area contributed by atoms with Crippen molar-refractivity contribution in [1.82, 2.24) is 10.2 Å². The molecule has 1 heterocycles. The summed E-state index contributed by atoms with van der Waals surface area (Å²) in [6.45, 7) is 5.45. The van der Waals surface area contributed by atoms with Crippen molar-refractivity contribution in [2.24, 2.45) is 0 Å². The third kappa shape index (κ3) is 2.56. The van der Waals surface area contributed by atoms with Gasteiger partial charge in [-0.15, -0.1) is 0 Å². The highest BCUT2D eigenvalue weighted by atomic mass is 32.1. The van der Waals surface area contributed by atoms with Crippen LogP contribution >= 0.6 is 12.6 Å². The molecule has 1 aliphatic heterocycles. The first kappa shape index (κ1) is 7.38. The number of rotatable bonds is 2. The molecular formula is C6H13N2S. The molecule has 0 aromatic heterocycles. The van der Waals surface area contributed by atoms with Gasteiger partial charge in [-0.2, -0.15) is 12.6 Å². The van der Waals surface area contributed by atoms with E-state index in [1.807, 2.05) is 0 Å². The van der Waals surface area contributed by atoms with Crippen molar-refractivity contribution in [1.29, 1.82) is 0 Å². The molecular weight excluding hydrogens is 132 g/mol. The summed E-state index contributed by atoms with van der Waals surface area (Å²) in [6.07, 6.45) is 0. The highest BCUT2D eigenvalue weighted by Crippen LogP contribution is 1.92. The predicted octanol–water partition coefficient (Wildman–Crippen LogP) is -0.164. The van der Waals surface area contributed by atoms with Gasteiger partial charge < -0.3 is 0 Å². The van der Waals surface area contributed by atoms with Crippen LogP contribution in [0.5, 0.6) is 0 Å². The van der Waals surface area contributed by atoms with Crippen LogP contribution in [0.25, 0.3) is 0 Å². The molecule has 0 aromatic rings. The average Bonchev–Trinajstić information content (AvgIpc) is 1.91. The summed E-state index contributed by atoms with van der Waals surface area (Å²) in [6, 6.07) is 0. The standard InChI is InChI=1S/C6H13N2S/c9-6-5-8-3-1-7-2-4-8/h9H,1-6H2. The smallest absolute Gasteiger partial charge is 0.0261 e. The van der Waals surface area contributed by atoms with Gasteiger partial charge in [0.25, 0.3) is 0 Å². The second kappa shape index (κ2) is 4.14. The van der Waals surface area contributed by atoms with E-state index in [4.69, 9.17) is 0 Å². The monoisotopic (exact) mass is 145 g/mol. The van der Waals surface area contributed by atoms with Gasteiger partial charge in [0.05, 0.1) is 0 Å². The zero-order valence-corrected chi connectivity index (χ0v) is 6.48. The SMILES string of the molecule is SCCN1CC[N]CC1. The van der Waals surface area contributed by atoms with Crippen molar-refractivity contribution in [2.75, 3.05) is 38.5 Å². The fourth-order valence-corrected chi connectivity index (χ4v) is 1.30. The molecule has 1 fully saturated rings. The van der Waals surface area contributed by atoms with Crippen molar-refractivity contribution >= 4 is 12.6 Å². The third-order valence-corrected chi connectivity index (χ3v) is 1.76. The van der Waals surface area contributed by atoms with Gasteiger partial charge in [-0.3, -0.25) is 4.90 Å². The van der Waals surface area contributed by atoms with Crippen LogP contribution in [-0.4, -0.2) is 43.4 Å². The van der Waals surface area contributed by atoms with Gasteiger partial charge in [0.1, 0.15) is 0 Å². The molecule has 0 unspecified atom stereocenters. The lowest BCUT2D eigenvalue weighted by Gasteiger charge is -2.25. The molecule has 1 saturated heterocycles. The van der Waals surface area contributed by atoms with E-state index in [1.54, 1.807) is 0 Å². The summed E-state index contributed by atoms with van der Waals surface area (Å²) < 4.78 is 0. The van der Waals surface area contributed by atoms with E-state index in [-0.39, 0.29) is 0 Å². The lowest BCUT2D eigenvalue weighted by molar-refractivity contribution is 0.252. The van der Waals surface area contributed by atoms with Crippen molar-refractivity contribution in [3.05, 3.63) is 0 Å². The Morgan fingerprint density at radius 2 is 2.00 bits per heavy atom. The minimum Gasteiger partial charge on any atom is -0.300 e. The van der Waals surface area contributed by atoms with E-state index < -0.39 is 0 Å². The minimum absolute atomic E-state index is 0.972. The van der Waals surface area contributed by atoms with Crippen LogP contribution in [0.4, 0.5) is 0 Å². The van der Waals surface area contributed by atoms with E-state index in [0.29, 0.717) is 0 Å². The Bertz CT molecular complexity index is 68.7. The Balaban J connectivity index is 2.08. The highest BCUT2D eigenvalue weighted by Gasteiger charge is 2.07. The van der Waals surface area contributed by atoms with Crippen LogP contribution in [0, 0.1) is 0 Å². The lowest BCUT2D eigenvalue weighted by Crippen LogP contribution is -2.41. The summed E-state index contributed by atoms with van der Waals surface area (Å²) in [7, 11) is 0. The molecule has 3 heteroatoms. The average molecular weight is 145 g/mol. The van der Waals surface area contributed by atoms with E-state index in [1.165, 1.54) is 0 Å². The van der Waals surface area contributed by atoms with Gasteiger partial charge in [-0.05, 0) is 0 Å². The molecule has 0 amide bonds. The fourth-order valence-electron chi connectivity index (χ4n) is 1.01. The third-order valence-electron chi connectivity index (χ3n) is 1.56. The largest absolute Gasteiger partial charge is 0.300 e. The van der Waals surface area contributed by atoms with Crippen LogP contribution in [0.3, 0.4) is 0 Å². The summed E-state index contributed by atoms with van der Waals surface area (Å²) in [4.78, 5) is 2.40. The molecule has 9 heavy (non-hydrogen) atoms. The number of piperazine rings is 1. The van der Waals surface area contributed by atoms with Gasteiger partial charge in [-0.1, -0.05) is 0 Å². The number of thiol groups is 1. The molecule has 0 aliphatic carbocycles. The molecule has 53 valence electrons. The first-order valence-electron chi connectivity index (χ1n) is 3.40. The van der Waals surface area contributed by atoms with E-state index in [0.717, 1.165) is 38.5 Å². The van der Waals surface area contributed by atoms with E-state index in [2.05, 4.69) is 22.8 Å². The molecule has 1 rings (SSSR count). The molecule has 0 aromatic carbocycles.